The van der Waals surface area contributed by atoms with E-state index in [9.17, 15) is 23.1 Å². The molecule has 174 valence electrons. The summed E-state index contributed by atoms with van der Waals surface area (Å²) in [5.74, 6) is -0.726. The first-order valence-electron chi connectivity index (χ1n) is 10.3. The zero-order valence-corrected chi connectivity index (χ0v) is 19.5. The molecule has 8 nitrogen and oxygen atoms in total. The monoisotopic (exact) mass is 469 g/mol. The number of hydrogen-bond acceptors (Lipinski definition) is 4. The molecular formula is C24H27N3O5S. The van der Waals surface area contributed by atoms with Gasteiger partial charge >= 0.3 is 6.09 Å². The van der Waals surface area contributed by atoms with E-state index in [0.29, 0.717) is 23.2 Å². The molecule has 3 aromatic rings. The lowest BCUT2D eigenvalue weighted by Crippen LogP contribution is -2.44. The lowest BCUT2D eigenvalue weighted by atomic mass is 9.83. The van der Waals surface area contributed by atoms with Crippen LogP contribution in [0.1, 0.15) is 36.7 Å². The van der Waals surface area contributed by atoms with Crippen molar-refractivity contribution in [1.82, 2.24) is 9.29 Å². The van der Waals surface area contributed by atoms with Gasteiger partial charge in [-0.05, 0) is 47.2 Å². The lowest BCUT2D eigenvalue weighted by molar-refractivity contribution is 0.1000. The Labute approximate surface area is 193 Å². The predicted octanol–water partition coefficient (Wildman–Crippen LogP) is 3.72. The number of nitrogens with one attached hydrogen (secondary N) is 1. The van der Waals surface area contributed by atoms with Crippen LogP contribution in [-0.2, 0) is 16.4 Å². The Morgan fingerprint density at radius 3 is 2.30 bits per heavy atom. The molecule has 1 atom stereocenters. The topological polar surface area (TPSA) is 131 Å². The summed E-state index contributed by atoms with van der Waals surface area (Å²) in [4.78, 5) is 22.8. The maximum absolute atomic E-state index is 13.6. The van der Waals surface area contributed by atoms with E-state index in [2.05, 4.69) is 5.32 Å². The molecule has 0 saturated heterocycles. The van der Waals surface area contributed by atoms with Gasteiger partial charge in [-0.3, -0.25) is 4.79 Å². The predicted molar refractivity (Wildman–Crippen MR) is 126 cm³/mol. The first kappa shape index (κ1) is 24.1. The molecule has 0 aliphatic rings. The Balaban J connectivity index is 2.14. The van der Waals surface area contributed by atoms with E-state index in [4.69, 9.17) is 5.73 Å². The second-order valence-electron chi connectivity index (χ2n) is 8.86. The molecule has 0 saturated carbocycles. The maximum atomic E-state index is 13.6. The van der Waals surface area contributed by atoms with E-state index in [1.807, 2.05) is 26.8 Å². The zero-order chi connectivity index (χ0) is 24.4. The summed E-state index contributed by atoms with van der Waals surface area (Å²) in [5, 5.41) is 11.8. The van der Waals surface area contributed by atoms with Crippen LogP contribution in [0, 0.1) is 5.41 Å². The van der Waals surface area contributed by atoms with Crippen molar-refractivity contribution in [2.75, 3.05) is 0 Å². The van der Waals surface area contributed by atoms with Crippen molar-refractivity contribution in [3.05, 3.63) is 78.0 Å². The van der Waals surface area contributed by atoms with Crippen LogP contribution < -0.4 is 11.1 Å². The minimum Gasteiger partial charge on any atom is -0.465 e. The number of rotatable bonds is 7. The molecule has 33 heavy (non-hydrogen) atoms. The zero-order valence-electron chi connectivity index (χ0n) is 18.6. The summed E-state index contributed by atoms with van der Waals surface area (Å²) in [5.41, 5.74) is 6.77. The number of carbonyl (C=O) groups is 2. The number of carboxylic acid groups (broad SMARTS) is 1. The van der Waals surface area contributed by atoms with Gasteiger partial charge in [0.05, 0.1) is 10.6 Å². The van der Waals surface area contributed by atoms with Crippen molar-refractivity contribution in [1.29, 1.82) is 0 Å². The van der Waals surface area contributed by atoms with E-state index in [-0.39, 0.29) is 10.5 Å². The molecule has 4 N–H and O–H groups in total. The Kier molecular flexibility index (Phi) is 6.64. The number of aromatic nitrogens is 1. The first-order chi connectivity index (χ1) is 15.4. The average molecular weight is 470 g/mol. The number of amides is 2. The third-order valence-electron chi connectivity index (χ3n) is 5.37. The highest BCUT2D eigenvalue weighted by molar-refractivity contribution is 7.90. The maximum Gasteiger partial charge on any atom is 0.404 e. The molecule has 0 fully saturated rings. The summed E-state index contributed by atoms with van der Waals surface area (Å²) in [6.45, 7) is 5.73. The molecule has 0 radical (unpaired) electrons. The molecule has 0 bridgehead atoms. The second-order valence-corrected chi connectivity index (χ2v) is 10.7. The molecule has 9 heteroatoms. The number of carbonyl (C=O) groups excluding carboxylic acids is 1. The number of nitrogens with zero attached hydrogens (tertiary/aromatic N) is 1. The SMILES string of the molecule is CC(C)(C)C(Cc1cc(-c2ccccc2)n(S(=O)(=O)c2cccc(C(N)=O)c2)c1)NC(=O)O. The molecule has 2 amide bonds. The van der Waals surface area contributed by atoms with Gasteiger partial charge in [-0.2, -0.15) is 0 Å². The Morgan fingerprint density at radius 2 is 1.73 bits per heavy atom. The molecule has 3 rings (SSSR count). The van der Waals surface area contributed by atoms with Crippen LogP contribution in [-0.4, -0.2) is 35.5 Å². The van der Waals surface area contributed by atoms with E-state index < -0.39 is 33.5 Å². The van der Waals surface area contributed by atoms with Gasteiger partial charge in [0.15, 0.2) is 0 Å². The number of nitrogens with two attached hydrogens (primary N) is 1. The minimum absolute atomic E-state index is 0.0748. The van der Waals surface area contributed by atoms with E-state index >= 15 is 0 Å². The van der Waals surface area contributed by atoms with Crippen LogP contribution in [0.25, 0.3) is 11.3 Å². The highest BCUT2D eigenvalue weighted by Gasteiger charge is 2.29. The van der Waals surface area contributed by atoms with Gasteiger partial charge in [0, 0.05) is 17.8 Å². The van der Waals surface area contributed by atoms with Crippen molar-refractivity contribution < 1.29 is 23.1 Å². The molecule has 0 aliphatic heterocycles. The van der Waals surface area contributed by atoms with Gasteiger partial charge in [-0.15, -0.1) is 0 Å². The van der Waals surface area contributed by atoms with E-state index in [1.54, 1.807) is 30.3 Å². The van der Waals surface area contributed by atoms with Crippen LogP contribution >= 0.6 is 0 Å². The van der Waals surface area contributed by atoms with Crippen LogP contribution in [0.3, 0.4) is 0 Å². The van der Waals surface area contributed by atoms with Crippen molar-refractivity contribution in [3.63, 3.8) is 0 Å². The number of primary amides is 1. The summed E-state index contributed by atoms with van der Waals surface area (Å²) in [7, 11) is -4.08. The number of hydrogen-bond donors (Lipinski definition) is 3. The summed E-state index contributed by atoms with van der Waals surface area (Å²) in [6.07, 6.45) is 0.643. The van der Waals surface area contributed by atoms with Crippen molar-refractivity contribution in [2.45, 2.75) is 38.1 Å². The fraction of sp³-hybridized carbons (Fsp3) is 0.250. The fourth-order valence-corrected chi connectivity index (χ4v) is 4.95. The van der Waals surface area contributed by atoms with Gasteiger partial charge in [0.2, 0.25) is 5.91 Å². The minimum atomic E-state index is -4.08. The van der Waals surface area contributed by atoms with Gasteiger partial charge in [-0.25, -0.2) is 17.2 Å². The number of benzene rings is 2. The molecule has 1 unspecified atom stereocenters. The summed E-state index contributed by atoms with van der Waals surface area (Å²) >= 11 is 0. The van der Waals surface area contributed by atoms with Gasteiger partial charge in [0.1, 0.15) is 0 Å². The third kappa shape index (κ3) is 5.43. The molecule has 0 spiro atoms. The van der Waals surface area contributed by atoms with Crippen molar-refractivity contribution in [3.8, 4) is 11.3 Å². The molecular weight excluding hydrogens is 442 g/mol. The van der Waals surface area contributed by atoms with Crippen LogP contribution in [0.4, 0.5) is 4.79 Å². The lowest BCUT2D eigenvalue weighted by Gasteiger charge is -2.30. The van der Waals surface area contributed by atoms with Gasteiger partial charge in [-0.1, -0.05) is 57.2 Å². The highest BCUT2D eigenvalue weighted by atomic mass is 32.2. The van der Waals surface area contributed by atoms with Crippen LogP contribution in [0.15, 0.2) is 71.8 Å². The Bertz CT molecular complexity index is 1270. The van der Waals surface area contributed by atoms with Crippen LogP contribution in [0.5, 0.6) is 0 Å². The standard InChI is InChI=1S/C24H27N3O5S/c1-24(2,3)21(26-23(29)30)13-16-12-20(17-8-5-4-6-9-17)27(15-16)33(31,32)19-11-7-10-18(14-19)22(25)28/h4-12,14-15,21,26H,13H2,1-3H3,(H2,25,28)(H,29,30). The molecule has 1 aromatic heterocycles. The van der Waals surface area contributed by atoms with Gasteiger partial charge < -0.3 is 16.2 Å². The fourth-order valence-electron chi connectivity index (χ4n) is 3.51. The summed E-state index contributed by atoms with van der Waals surface area (Å²) < 4.78 is 28.3. The largest absolute Gasteiger partial charge is 0.465 e. The first-order valence-corrected chi connectivity index (χ1v) is 11.7. The van der Waals surface area contributed by atoms with Gasteiger partial charge in [0.25, 0.3) is 10.0 Å². The Hall–Kier alpha value is -3.59. The van der Waals surface area contributed by atoms with E-state index in [0.717, 1.165) is 3.97 Å². The smallest absolute Gasteiger partial charge is 0.404 e. The van der Waals surface area contributed by atoms with E-state index in [1.165, 1.54) is 30.5 Å². The van der Waals surface area contributed by atoms with Crippen LogP contribution in [0.2, 0.25) is 0 Å². The molecule has 2 aromatic carbocycles. The third-order valence-corrected chi connectivity index (χ3v) is 7.04. The van der Waals surface area contributed by atoms with Crippen molar-refractivity contribution in [2.24, 2.45) is 11.1 Å². The van der Waals surface area contributed by atoms with Crippen molar-refractivity contribution >= 4 is 22.0 Å². The summed E-state index contributed by atoms with van der Waals surface area (Å²) in [6, 6.07) is 15.9. The quantitative estimate of drug-likeness (QED) is 0.485. The second kappa shape index (κ2) is 9.11. The Morgan fingerprint density at radius 1 is 1.06 bits per heavy atom. The normalized spacial score (nSPS) is 12.8. The molecule has 0 aliphatic carbocycles. The molecule has 1 heterocycles. The highest BCUT2D eigenvalue weighted by Crippen LogP contribution is 2.30. The average Bonchev–Trinajstić information content (AvgIpc) is 3.18.